The largest absolute Gasteiger partial charge is 0.416 e. The maximum Gasteiger partial charge on any atom is 0.416 e. The minimum atomic E-state index is -4.57. The lowest BCUT2D eigenvalue weighted by molar-refractivity contribution is -0.137. The van der Waals surface area contributed by atoms with Crippen LogP contribution in [0, 0.1) is 12.7 Å². The summed E-state index contributed by atoms with van der Waals surface area (Å²) in [4.78, 5) is 11.9. The average Bonchev–Trinajstić information content (AvgIpc) is 2.40. The number of aromatic nitrogens is 1. The third-order valence-electron chi connectivity index (χ3n) is 3.12. The maximum atomic E-state index is 13.7. The van der Waals surface area contributed by atoms with Gasteiger partial charge in [-0.1, -0.05) is 0 Å². The minimum Gasteiger partial charge on any atom is -0.394 e. The van der Waals surface area contributed by atoms with Crippen LogP contribution in [-0.4, -0.2) is 4.57 Å². The minimum absolute atomic E-state index is 0.0482. The summed E-state index contributed by atoms with van der Waals surface area (Å²) in [5, 5.41) is 0. The quantitative estimate of drug-likeness (QED) is 0.867. The molecule has 1 aromatic heterocycles. The summed E-state index contributed by atoms with van der Waals surface area (Å²) in [6, 6.07) is 5.04. The highest BCUT2D eigenvalue weighted by Gasteiger charge is 2.31. The third-order valence-corrected chi connectivity index (χ3v) is 3.12. The van der Waals surface area contributed by atoms with E-state index in [1.807, 2.05) is 0 Å². The molecule has 2 aromatic rings. The molecule has 2 N–H and O–H groups in total. The summed E-state index contributed by atoms with van der Waals surface area (Å²) < 4.78 is 52.8. The van der Waals surface area contributed by atoms with E-state index in [0.717, 1.165) is 10.6 Å². The smallest absolute Gasteiger partial charge is 0.394 e. The standard InChI is InChI=1S/C14H12F4N2O/c1-8-2-5-12(19)13(21)20(8)7-9-6-10(14(16,17)18)3-4-11(9)15/h2-6H,7,19H2,1H3. The first kappa shape index (κ1) is 15.1. The zero-order chi connectivity index (χ0) is 15.8. The van der Waals surface area contributed by atoms with Gasteiger partial charge in [-0.05, 0) is 37.3 Å². The molecule has 0 aliphatic rings. The fourth-order valence-corrected chi connectivity index (χ4v) is 1.93. The van der Waals surface area contributed by atoms with Crippen LogP contribution in [-0.2, 0) is 12.7 Å². The van der Waals surface area contributed by atoms with Crippen LogP contribution in [0.25, 0.3) is 0 Å². The van der Waals surface area contributed by atoms with Gasteiger partial charge in [0.15, 0.2) is 0 Å². The second-order valence-electron chi connectivity index (χ2n) is 4.63. The van der Waals surface area contributed by atoms with Gasteiger partial charge in [-0.2, -0.15) is 13.2 Å². The molecule has 0 saturated carbocycles. The summed E-state index contributed by atoms with van der Waals surface area (Å²) in [6.07, 6.45) is -4.57. The van der Waals surface area contributed by atoms with E-state index in [2.05, 4.69) is 0 Å². The fraction of sp³-hybridized carbons (Fsp3) is 0.214. The predicted octanol–water partition coefficient (Wildman–Crippen LogP) is 2.95. The number of anilines is 1. The molecule has 0 fully saturated rings. The van der Waals surface area contributed by atoms with Gasteiger partial charge in [-0.15, -0.1) is 0 Å². The van der Waals surface area contributed by atoms with E-state index in [-0.39, 0.29) is 17.8 Å². The number of benzene rings is 1. The molecular formula is C14H12F4N2O. The Morgan fingerprint density at radius 1 is 1.19 bits per heavy atom. The van der Waals surface area contributed by atoms with Gasteiger partial charge in [0.1, 0.15) is 5.82 Å². The van der Waals surface area contributed by atoms with Gasteiger partial charge < -0.3 is 10.3 Å². The second kappa shape index (κ2) is 5.23. The molecule has 1 heterocycles. The molecule has 21 heavy (non-hydrogen) atoms. The van der Waals surface area contributed by atoms with Crippen LogP contribution in [0.15, 0.2) is 35.1 Å². The Morgan fingerprint density at radius 3 is 2.48 bits per heavy atom. The van der Waals surface area contributed by atoms with Crippen LogP contribution in [0.5, 0.6) is 0 Å². The maximum absolute atomic E-state index is 13.7. The Bertz CT molecular complexity index is 735. The van der Waals surface area contributed by atoms with E-state index < -0.39 is 23.1 Å². The molecule has 0 atom stereocenters. The Balaban J connectivity index is 2.50. The van der Waals surface area contributed by atoms with Crippen LogP contribution in [0.1, 0.15) is 16.8 Å². The number of hydrogen-bond acceptors (Lipinski definition) is 2. The molecule has 112 valence electrons. The SMILES string of the molecule is Cc1ccc(N)c(=O)n1Cc1cc(C(F)(F)F)ccc1F. The van der Waals surface area contributed by atoms with Crippen molar-refractivity contribution in [3.8, 4) is 0 Å². The van der Waals surface area contributed by atoms with Crippen molar-refractivity contribution in [2.75, 3.05) is 5.73 Å². The highest BCUT2D eigenvalue weighted by Crippen LogP contribution is 2.30. The van der Waals surface area contributed by atoms with Gasteiger partial charge in [0.05, 0.1) is 17.8 Å². The van der Waals surface area contributed by atoms with Crippen LogP contribution in [0.3, 0.4) is 0 Å². The molecule has 0 saturated heterocycles. The number of nitrogens with two attached hydrogens (primary N) is 1. The summed E-state index contributed by atoms with van der Waals surface area (Å²) in [5.41, 5.74) is 4.15. The van der Waals surface area contributed by atoms with Crippen LogP contribution >= 0.6 is 0 Å². The van der Waals surface area contributed by atoms with E-state index in [0.29, 0.717) is 17.8 Å². The number of halogens is 4. The highest BCUT2D eigenvalue weighted by molar-refractivity contribution is 5.36. The third kappa shape index (κ3) is 3.07. The number of aryl methyl sites for hydroxylation is 1. The van der Waals surface area contributed by atoms with Crippen molar-refractivity contribution in [2.24, 2.45) is 0 Å². The molecule has 0 bridgehead atoms. The highest BCUT2D eigenvalue weighted by atomic mass is 19.4. The number of pyridine rings is 1. The Labute approximate surface area is 117 Å². The Hall–Kier alpha value is -2.31. The van der Waals surface area contributed by atoms with Gasteiger partial charge in [-0.3, -0.25) is 4.79 Å². The molecule has 0 unspecified atom stereocenters. The van der Waals surface area contributed by atoms with Gasteiger partial charge >= 0.3 is 6.18 Å². The normalized spacial score (nSPS) is 11.7. The first-order valence-electron chi connectivity index (χ1n) is 6.01. The Kier molecular flexibility index (Phi) is 3.76. The summed E-state index contributed by atoms with van der Waals surface area (Å²) in [7, 11) is 0. The molecule has 0 aliphatic carbocycles. The molecule has 7 heteroatoms. The first-order chi connectivity index (χ1) is 9.70. The molecule has 0 aliphatic heterocycles. The number of rotatable bonds is 2. The van der Waals surface area contributed by atoms with E-state index in [9.17, 15) is 22.4 Å². The monoisotopic (exact) mass is 300 g/mol. The topological polar surface area (TPSA) is 48.0 Å². The van der Waals surface area contributed by atoms with Crippen molar-refractivity contribution in [3.63, 3.8) is 0 Å². The molecular weight excluding hydrogens is 288 g/mol. The van der Waals surface area contributed by atoms with Crippen molar-refractivity contribution in [1.82, 2.24) is 4.57 Å². The van der Waals surface area contributed by atoms with Crippen LogP contribution in [0.2, 0.25) is 0 Å². The molecule has 3 nitrogen and oxygen atoms in total. The fourth-order valence-electron chi connectivity index (χ4n) is 1.93. The Morgan fingerprint density at radius 2 is 1.86 bits per heavy atom. The van der Waals surface area contributed by atoms with Crippen LogP contribution < -0.4 is 11.3 Å². The van der Waals surface area contributed by atoms with Crippen molar-refractivity contribution >= 4 is 5.69 Å². The van der Waals surface area contributed by atoms with Gasteiger partial charge in [-0.25, -0.2) is 4.39 Å². The van der Waals surface area contributed by atoms with Gasteiger partial charge in [0, 0.05) is 11.3 Å². The number of nitrogen functional groups attached to an aromatic ring is 1. The molecule has 1 aromatic carbocycles. The van der Waals surface area contributed by atoms with Crippen molar-refractivity contribution in [2.45, 2.75) is 19.6 Å². The molecule has 2 rings (SSSR count). The zero-order valence-electron chi connectivity index (χ0n) is 11.0. The average molecular weight is 300 g/mol. The van der Waals surface area contributed by atoms with Gasteiger partial charge in [0.25, 0.3) is 5.56 Å². The van der Waals surface area contributed by atoms with E-state index in [1.54, 1.807) is 13.0 Å². The number of hydrogen-bond donors (Lipinski definition) is 1. The molecule has 0 radical (unpaired) electrons. The summed E-state index contributed by atoms with van der Waals surface area (Å²) in [5.74, 6) is -0.809. The number of nitrogens with zero attached hydrogens (tertiary/aromatic N) is 1. The van der Waals surface area contributed by atoms with E-state index >= 15 is 0 Å². The van der Waals surface area contributed by atoms with Crippen molar-refractivity contribution < 1.29 is 17.6 Å². The van der Waals surface area contributed by atoms with E-state index in [4.69, 9.17) is 5.73 Å². The summed E-state index contributed by atoms with van der Waals surface area (Å²) in [6.45, 7) is 1.28. The lowest BCUT2D eigenvalue weighted by Gasteiger charge is -2.13. The van der Waals surface area contributed by atoms with Crippen molar-refractivity contribution in [1.29, 1.82) is 0 Å². The zero-order valence-corrected chi connectivity index (χ0v) is 11.0. The molecule has 0 spiro atoms. The first-order valence-corrected chi connectivity index (χ1v) is 6.01. The van der Waals surface area contributed by atoms with Gasteiger partial charge in [0.2, 0.25) is 0 Å². The predicted molar refractivity (Wildman–Crippen MR) is 70.4 cm³/mol. The summed E-state index contributed by atoms with van der Waals surface area (Å²) >= 11 is 0. The van der Waals surface area contributed by atoms with Crippen LogP contribution in [0.4, 0.5) is 23.2 Å². The second-order valence-corrected chi connectivity index (χ2v) is 4.63. The lowest BCUT2D eigenvalue weighted by atomic mass is 10.1. The lowest BCUT2D eigenvalue weighted by Crippen LogP contribution is -2.25. The number of alkyl halides is 3. The molecule has 0 amide bonds. The van der Waals surface area contributed by atoms with Crippen molar-refractivity contribution in [3.05, 3.63) is 63.3 Å². The van der Waals surface area contributed by atoms with E-state index in [1.165, 1.54) is 6.07 Å².